The van der Waals surface area contributed by atoms with Crippen molar-refractivity contribution in [3.63, 3.8) is 0 Å². The van der Waals surface area contributed by atoms with Gasteiger partial charge in [-0.15, -0.1) is 0 Å². The van der Waals surface area contributed by atoms with Gasteiger partial charge < -0.3 is 16.0 Å². The van der Waals surface area contributed by atoms with E-state index in [1.807, 2.05) is 27.7 Å². The maximum Gasteiger partial charge on any atom is 0.242 e. The fourth-order valence-corrected chi connectivity index (χ4v) is 2.50. The quantitative estimate of drug-likeness (QED) is 0.767. The van der Waals surface area contributed by atoms with E-state index in [0.717, 1.165) is 19.4 Å². The zero-order valence-corrected chi connectivity index (χ0v) is 11.8. The second-order valence-corrected chi connectivity index (χ2v) is 5.64. The van der Waals surface area contributed by atoms with E-state index in [1.165, 1.54) is 0 Å². The predicted octanol–water partition coefficient (Wildman–Crippen LogP) is 0.487. The molecule has 104 valence electrons. The molecule has 1 aliphatic heterocycles. The maximum absolute atomic E-state index is 12.5. The number of nitrogens with one attached hydrogen (secondary N) is 1. The Bertz CT molecular complexity index is 328. The molecule has 0 aromatic carbocycles. The van der Waals surface area contributed by atoms with Crippen molar-refractivity contribution in [2.24, 2.45) is 11.7 Å². The summed E-state index contributed by atoms with van der Waals surface area (Å²) in [6.07, 6.45) is 1.61. The minimum absolute atomic E-state index is 0.0443. The topological polar surface area (TPSA) is 75.4 Å². The number of nitrogens with two attached hydrogens (primary N) is 1. The minimum atomic E-state index is -0.595. The Morgan fingerprint density at radius 1 is 1.39 bits per heavy atom. The van der Waals surface area contributed by atoms with Gasteiger partial charge in [-0.3, -0.25) is 9.59 Å². The number of rotatable bonds is 4. The number of likely N-dealkylation sites (N-methyl/N-ethyl adjacent to an activating group) is 1. The molecule has 1 saturated heterocycles. The van der Waals surface area contributed by atoms with Crippen molar-refractivity contribution in [1.29, 1.82) is 0 Å². The second-order valence-electron chi connectivity index (χ2n) is 5.64. The average Bonchev–Trinajstić information content (AvgIpc) is 2.28. The third-order valence-corrected chi connectivity index (χ3v) is 3.70. The summed E-state index contributed by atoms with van der Waals surface area (Å²) in [6.45, 7) is 8.93. The standard InChI is InChI=1S/C13H25N3O2/c1-5-15-13(3,4)12(18)16-8-10(11(14)17)7-6-9(16)2/h9-10,15H,5-8H2,1-4H3,(H2,14,17). The van der Waals surface area contributed by atoms with Crippen molar-refractivity contribution in [2.45, 2.75) is 52.1 Å². The first-order valence-corrected chi connectivity index (χ1v) is 6.65. The lowest BCUT2D eigenvalue weighted by Gasteiger charge is -2.41. The van der Waals surface area contributed by atoms with Crippen molar-refractivity contribution in [3.8, 4) is 0 Å². The van der Waals surface area contributed by atoms with E-state index in [-0.39, 0.29) is 23.8 Å². The van der Waals surface area contributed by atoms with Crippen LogP contribution in [0, 0.1) is 5.92 Å². The molecule has 2 atom stereocenters. The van der Waals surface area contributed by atoms with Gasteiger partial charge in [-0.25, -0.2) is 0 Å². The normalized spacial score (nSPS) is 25.0. The number of primary amides is 1. The molecule has 2 amide bonds. The second kappa shape index (κ2) is 5.69. The molecule has 1 fully saturated rings. The molecule has 1 heterocycles. The van der Waals surface area contributed by atoms with Crippen molar-refractivity contribution in [3.05, 3.63) is 0 Å². The van der Waals surface area contributed by atoms with Gasteiger partial charge in [0.25, 0.3) is 0 Å². The molecule has 0 saturated carbocycles. The molecule has 5 heteroatoms. The Morgan fingerprint density at radius 3 is 2.50 bits per heavy atom. The number of hydrogen-bond donors (Lipinski definition) is 2. The lowest BCUT2D eigenvalue weighted by Crippen LogP contribution is -2.59. The molecular formula is C13H25N3O2. The molecule has 0 aromatic rings. The molecular weight excluding hydrogens is 230 g/mol. The molecule has 3 N–H and O–H groups in total. The molecule has 0 spiro atoms. The summed E-state index contributed by atoms with van der Waals surface area (Å²) in [5.74, 6) is -0.466. The van der Waals surface area contributed by atoms with Crippen LogP contribution in [-0.4, -0.2) is 41.4 Å². The van der Waals surface area contributed by atoms with Crippen molar-refractivity contribution in [2.75, 3.05) is 13.1 Å². The van der Waals surface area contributed by atoms with Crippen LogP contribution in [0.5, 0.6) is 0 Å². The first-order chi connectivity index (χ1) is 8.29. The van der Waals surface area contributed by atoms with Crippen LogP contribution >= 0.6 is 0 Å². The van der Waals surface area contributed by atoms with E-state index >= 15 is 0 Å². The number of amides is 2. The van der Waals surface area contributed by atoms with Crippen LogP contribution < -0.4 is 11.1 Å². The van der Waals surface area contributed by atoms with Gasteiger partial charge in [0.05, 0.1) is 11.5 Å². The summed E-state index contributed by atoms with van der Waals surface area (Å²) in [5, 5.41) is 3.18. The summed E-state index contributed by atoms with van der Waals surface area (Å²) in [6, 6.07) is 0.172. The van der Waals surface area contributed by atoms with Crippen LogP contribution in [0.2, 0.25) is 0 Å². The highest BCUT2D eigenvalue weighted by molar-refractivity contribution is 5.87. The number of carbonyl (C=O) groups excluding carboxylic acids is 2. The van der Waals surface area contributed by atoms with Crippen LogP contribution in [0.3, 0.4) is 0 Å². The summed E-state index contributed by atoms with van der Waals surface area (Å²) < 4.78 is 0. The van der Waals surface area contributed by atoms with Crippen LogP contribution in [-0.2, 0) is 9.59 Å². The zero-order chi connectivity index (χ0) is 13.9. The molecule has 0 aliphatic carbocycles. The summed E-state index contributed by atoms with van der Waals surface area (Å²) in [5.41, 5.74) is 4.76. The number of likely N-dealkylation sites (tertiary alicyclic amines) is 1. The van der Waals surface area contributed by atoms with Gasteiger partial charge in [0.1, 0.15) is 0 Å². The molecule has 0 bridgehead atoms. The van der Waals surface area contributed by atoms with Gasteiger partial charge in [-0.2, -0.15) is 0 Å². The Labute approximate surface area is 109 Å². The van der Waals surface area contributed by atoms with Crippen molar-refractivity contribution >= 4 is 11.8 Å². The highest BCUT2D eigenvalue weighted by atomic mass is 16.2. The minimum Gasteiger partial charge on any atom is -0.369 e. The largest absolute Gasteiger partial charge is 0.369 e. The zero-order valence-electron chi connectivity index (χ0n) is 11.8. The van der Waals surface area contributed by atoms with Gasteiger partial charge in [0.15, 0.2) is 0 Å². The van der Waals surface area contributed by atoms with E-state index < -0.39 is 5.54 Å². The molecule has 5 nitrogen and oxygen atoms in total. The fraction of sp³-hybridized carbons (Fsp3) is 0.846. The van der Waals surface area contributed by atoms with E-state index in [0.29, 0.717) is 6.54 Å². The van der Waals surface area contributed by atoms with Crippen LogP contribution in [0.1, 0.15) is 40.5 Å². The first-order valence-electron chi connectivity index (χ1n) is 6.65. The maximum atomic E-state index is 12.5. The van der Waals surface area contributed by atoms with E-state index in [4.69, 9.17) is 5.73 Å². The smallest absolute Gasteiger partial charge is 0.242 e. The van der Waals surface area contributed by atoms with E-state index in [1.54, 1.807) is 4.90 Å². The number of nitrogens with zero attached hydrogens (tertiary/aromatic N) is 1. The monoisotopic (exact) mass is 255 g/mol. The lowest BCUT2D eigenvalue weighted by molar-refractivity contribution is -0.143. The first kappa shape index (κ1) is 15.0. The summed E-state index contributed by atoms with van der Waals surface area (Å²) in [4.78, 5) is 25.6. The fourth-order valence-electron chi connectivity index (χ4n) is 2.50. The van der Waals surface area contributed by atoms with Crippen molar-refractivity contribution in [1.82, 2.24) is 10.2 Å². The molecule has 0 radical (unpaired) electrons. The van der Waals surface area contributed by atoms with Gasteiger partial charge in [-0.05, 0) is 40.2 Å². The SMILES string of the molecule is CCNC(C)(C)C(=O)N1CC(C(N)=O)CCC1C. The molecule has 18 heavy (non-hydrogen) atoms. The predicted molar refractivity (Wildman–Crippen MR) is 70.8 cm³/mol. The van der Waals surface area contributed by atoms with Crippen LogP contribution in [0.25, 0.3) is 0 Å². The summed E-state index contributed by atoms with van der Waals surface area (Å²) >= 11 is 0. The summed E-state index contributed by atoms with van der Waals surface area (Å²) in [7, 11) is 0. The van der Waals surface area contributed by atoms with E-state index in [2.05, 4.69) is 5.32 Å². The Balaban J connectivity index is 2.79. The van der Waals surface area contributed by atoms with Gasteiger partial charge in [0, 0.05) is 12.6 Å². The lowest BCUT2D eigenvalue weighted by atomic mass is 9.90. The highest BCUT2D eigenvalue weighted by Gasteiger charge is 2.37. The average molecular weight is 255 g/mol. The molecule has 1 rings (SSSR count). The molecule has 2 unspecified atom stereocenters. The Morgan fingerprint density at radius 2 is 2.00 bits per heavy atom. The van der Waals surface area contributed by atoms with Gasteiger partial charge in [-0.1, -0.05) is 6.92 Å². The number of piperidine rings is 1. The Kier molecular flexibility index (Phi) is 4.73. The van der Waals surface area contributed by atoms with Gasteiger partial charge in [0.2, 0.25) is 11.8 Å². The van der Waals surface area contributed by atoms with Crippen molar-refractivity contribution < 1.29 is 9.59 Å². The van der Waals surface area contributed by atoms with Crippen LogP contribution in [0.15, 0.2) is 0 Å². The third-order valence-electron chi connectivity index (χ3n) is 3.70. The van der Waals surface area contributed by atoms with E-state index in [9.17, 15) is 9.59 Å². The van der Waals surface area contributed by atoms with Gasteiger partial charge >= 0.3 is 0 Å². The Hall–Kier alpha value is -1.10. The van der Waals surface area contributed by atoms with Crippen LogP contribution in [0.4, 0.5) is 0 Å². The highest BCUT2D eigenvalue weighted by Crippen LogP contribution is 2.24. The number of carbonyl (C=O) groups is 2. The molecule has 1 aliphatic rings. The third kappa shape index (κ3) is 3.22. The number of hydrogen-bond acceptors (Lipinski definition) is 3. The molecule has 0 aromatic heterocycles.